The molecule has 0 spiro atoms. The minimum absolute atomic E-state index is 0.0194. The summed E-state index contributed by atoms with van der Waals surface area (Å²) in [5.74, 6) is -1.18. The molecule has 1 aromatic rings. The average Bonchev–Trinajstić information content (AvgIpc) is 2.55. The second-order valence-corrected chi connectivity index (χ2v) is 7.87. The fraction of sp³-hybridized carbons (Fsp3) is 0.647. The van der Waals surface area contributed by atoms with Crippen LogP contribution >= 0.6 is 0 Å². The van der Waals surface area contributed by atoms with E-state index in [1.165, 1.54) is 6.07 Å². The molecule has 0 unspecified atom stereocenters. The zero-order chi connectivity index (χ0) is 17.0. The van der Waals surface area contributed by atoms with Crippen molar-refractivity contribution in [2.45, 2.75) is 65.5 Å². The Kier molecular flexibility index (Phi) is 3.66. The Morgan fingerprint density at radius 3 is 1.86 bits per heavy atom. The van der Waals surface area contributed by atoms with Gasteiger partial charge in [0.25, 0.3) is 5.69 Å². The highest BCUT2D eigenvalue weighted by atomic mass is 16.8. The van der Waals surface area contributed by atoms with Crippen LogP contribution in [0.1, 0.15) is 54.0 Å². The summed E-state index contributed by atoms with van der Waals surface area (Å²) < 4.78 is 12.7. The van der Waals surface area contributed by atoms with Crippen LogP contribution in [-0.4, -0.2) is 16.1 Å². The topological polar surface area (TPSA) is 61.6 Å². The van der Waals surface area contributed by atoms with Crippen LogP contribution in [0.25, 0.3) is 0 Å². The van der Waals surface area contributed by atoms with Crippen molar-refractivity contribution in [3.8, 4) is 0 Å². The van der Waals surface area contributed by atoms with Crippen molar-refractivity contribution >= 4 is 5.69 Å². The van der Waals surface area contributed by atoms with E-state index in [2.05, 4.69) is 0 Å². The summed E-state index contributed by atoms with van der Waals surface area (Å²) in [6, 6.07) is 6.65. The van der Waals surface area contributed by atoms with Gasteiger partial charge in [-0.3, -0.25) is 10.1 Å². The quantitative estimate of drug-likeness (QED) is 0.600. The van der Waals surface area contributed by atoms with Gasteiger partial charge in [-0.1, -0.05) is 32.9 Å². The van der Waals surface area contributed by atoms with Crippen LogP contribution in [0.4, 0.5) is 5.69 Å². The third-order valence-corrected chi connectivity index (χ3v) is 4.69. The Morgan fingerprint density at radius 1 is 1.00 bits per heavy atom. The SMILES string of the molecule is CC(C)(C)C1(c2ccccc2[N+](=O)[O-])OC(C)(C)C(C)(C)O1. The van der Waals surface area contributed by atoms with Crippen LogP contribution < -0.4 is 0 Å². The highest BCUT2D eigenvalue weighted by molar-refractivity contribution is 5.44. The minimum Gasteiger partial charge on any atom is -0.336 e. The van der Waals surface area contributed by atoms with Gasteiger partial charge in [-0.05, 0) is 33.8 Å². The van der Waals surface area contributed by atoms with Crippen LogP contribution in [0.2, 0.25) is 0 Å². The van der Waals surface area contributed by atoms with Gasteiger partial charge in [-0.25, -0.2) is 0 Å². The summed E-state index contributed by atoms with van der Waals surface area (Å²) in [5.41, 5.74) is -1.16. The van der Waals surface area contributed by atoms with Gasteiger partial charge in [0.1, 0.15) is 0 Å². The monoisotopic (exact) mass is 307 g/mol. The predicted octanol–water partition coefficient (Wildman–Crippen LogP) is 4.40. The molecule has 0 bridgehead atoms. The van der Waals surface area contributed by atoms with Gasteiger partial charge in [0.15, 0.2) is 0 Å². The molecule has 1 fully saturated rings. The van der Waals surface area contributed by atoms with Crippen molar-refractivity contribution in [1.82, 2.24) is 0 Å². The van der Waals surface area contributed by atoms with Gasteiger partial charge in [0.05, 0.1) is 21.7 Å². The second kappa shape index (κ2) is 4.77. The van der Waals surface area contributed by atoms with Gasteiger partial charge in [-0.2, -0.15) is 0 Å². The molecule has 1 heterocycles. The Morgan fingerprint density at radius 2 is 1.45 bits per heavy atom. The molecule has 0 atom stereocenters. The van der Waals surface area contributed by atoms with E-state index in [9.17, 15) is 10.1 Å². The molecule has 0 aliphatic carbocycles. The third-order valence-electron chi connectivity index (χ3n) is 4.69. The van der Waals surface area contributed by atoms with E-state index >= 15 is 0 Å². The number of hydrogen-bond donors (Lipinski definition) is 0. The van der Waals surface area contributed by atoms with Crippen LogP contribution in [-0.2, 0) is 15.3 Å². The van der Waals surface area contributed by atoms with E-state index in [-0.39, 0.29) is 10.6 Å². The predicted molar refractivity (Wildman–Crippen MR) is 84.6 cm³/mol. The zero-order valence-corrected chi connectivity index (χ0v) is 14.4. The van der Waals surface area contributed by atoms with Crippen LogP contribution in [0.5, 0.6) is 0 Å². The maximum Gasteiger partial charge on any atom is 0.278 e. The van der Waals surface area contributed by atoms with Gasteiger partial charge >= 0.3 is 0 Å². The average molecular weight is 307 g/mol. The molecule has 0 aromatic heterocycles. The molecule has 0 saturated carbocycles. The summed E-state index contributed by atoms with van der Waals surface area (Å²) in [7, 11) is 0. The van der Waals surface area contributed by atoms with Gasteiger partial charge < -0.3 is 9.47 Å². The van der Waals surface area contributed by atoms with Crippen LogP contribution in [0.15, 0.2) is 24.3 Å². The number of nitro benzene ring substituents is 1. The highest BCUT2D eigenvalue weighted by Gasteiger charge is 2.64. The summed E-state index contributed by atoms with van der Waals surface area (Å²) in [6.45, 7) is 13.7. The first-order valence-corrected chi connectivity index (χ1v) is 7.48. The van der Waals surface area contributed by atoms with E-state index in [4.69, 9.17) is 9.47 Å². The molecule has 122 valence electrons. The van der Waals surface area contributed by atoms with Crippen molar-refractivity contribution in [3.63, 3.8) is 0 Å². The molecular weight excluding hydrogens is 282 g/mol. The standard InChI is InChI=1S/C17H25NO4/c1-14(2,3)17(21-15(4,5)16(6,7)22-17)12-10-8-9-11-13(12)18(19)20/h8-11H,1-7H3. The fourth-order valence-corrected chi connectivity index (χ4v) is 2.72. The number of rotatable bonds is 2. The molecule has 1 saturated heterocycles. The minimum atomic E-state index is -1.18. The van der Waals surface area contributed by atoms with E-state index in [1.807, 2.05) is 48.5 Å². The summed E-state index contributed by atoms with van der Waals surface area (Å²) in [5, 5.41) is 11.5. The van der Waals surface area contributed by atoms with Crippen LogP contribution in [0, 0.1) is 15.5 Å². The lowest BCUT2D eigenvalue weighted by atomic mass is 9.80. The van der Waals surface area contributed by atoms with Crippen molar-refractivity contribution in [1.29, 1.82) is 0 Å². The molecule has 1 aliphatic rings. The van der Waals surface area contributed by atoms with Crippen molar-refractivity contribution in [3.05, 3.63) is 39.9 Å². The smallest absolute Gasteiger partial charge is 0.278 e. The lowest BCUT2D eigenvalue weighted by molar-refractivity contribution is -0.390. The first-order chi connectivity index (χ1) is 9.84. The summed E-state index contributed by atoms with van der Waals surface area (Å²) in [6.07, 6.45) is 0. The lowest BCUT2D eigenvalue weighted by Gasteiger charge is -2.40. The molecule has 0 amide bonds. The molecule has 0 N–H and O–H groups in total. The maximum absolute atomic E-state index is 11.5. The van der Waals surface area contributed by atoms with Crippen molar-refractivity contribution in [2.24, 2.45) is 5.41 Å². The third kappa shape index (κ3) is 2.32. The van der Waals surface area contributed by atoms with Gasteiger partial charge in [0, 0.05) is 11.5 Å². The molecule has 5 heteroatoms. The Bertz CT molecular complexity index is 583. The first kappa shape index (κ1) is 16.9. The highest BCUT2D eigenvalue weighted by Crippen LogP contribution is 2.57. The van der Waals surface area contributed by atoms with E-state index < -0.39 is 22.4 Å². The Hall–Kier alpha value is -1.46. The Balaban J connectivity index is 2.73. The molecule has 1 aromatic carbocycles. The fourth-order valence-electron chi connectivity index (χ4n) is 2.72. The van der Waals surface area contributed by atoms with E-state index in [0.717, 1.165) is 0 Å². The summed E-state index contributed by atoms with van der Waals surface area (Å²) in [4.78, 5) is 11.1. The second-order valence-electron chi connectivity index (χ2n) is 7.87. The lowest BCUT2D eigenvalue weighted by Crippen LogP contribution is -2.43. The normalized spacial score (nSPS) is 22.5. The number of nitrogens with zero attached hydrogens (tertiary/aromatic N) is 1. The molecule has 22 heavy (non-hydrogen) atoms. The first-order valence-electron chi connectivity index (χ1n) is 7.48. The Labute approximate surface area is 131 Å². The molecule has 2 rings (SSSR count). The van der Waals surface area contributed by atoms with E-state index in [1.54, 1.807) is 18.2 Å². The number of benzene rings is 1. The summed E-state index contributed by atoms with van der Waals surface area (Å²) >= 11 is 0. The van der Waals surface area contributed by atoms with Crippen LogP contribution in [0.3, 0.4) is 0 Å². The van der Waals surface area contributed by atoms with Crippen molar-refractivity contribution in [2.75, 3.05) is 0 Å². The van der Waals surface area contributed by atoms with E-state index in [0.29, 0.717) is 5.56 Å². The zero-order valence-electron chi connectivity index (χ0n) is 14.4. The molecular formula is C17H25NO4. The maximum atomic E-state index is 11.5. The largest absolute Gasteiger partial charge is 0.336 e. The number of nitro groups is 1. The molecule has 0 radical (unpaired) electrons. The number of hydrogen-bond acceptors (Lipinski definition) is 4. The number of para-hydroxylation sites is 1. The van der Waals surface area contributed by atoms with Gasteiger partial charge in [-0.15, -0.1) is 0 Å². The molecule has 5 nitrogen and oxygen atoms in total. The van der Waals surface area contributed by atoms with Crippen molar-refractivity contribution < 1.29 is 14.4 Å². The number of ether oxygens (including phenoxy) is 2. The van der Waals surface area contributed by atoms with Gasteiger partial charge in [0.2, 0.25) is 5.79 Å². The molecule has 1 aliphatic heterocycles.